The van der Waals surface area contributed by atoms with Crippen LogP contribution in [0.2, 0.25) is 0 Å². The van der Waals surface area contributed by atoms with Gasteiger partial charge in [-0.25, -0.2) is 23.1 Å². The first kappa shape index (κ1) is 40.5. The third-order valence-corrected chi connectivity index (χ3v) is 13.5. The fourth-order valence-electron chi connectivity index (χ4n) is 10.2. The molecule has 15 nitrogen and oxygen atoms in total. The van der Waals surface area contributed by atoms with Crippen LogP contribution in [-0.2, 0) is 23.7 Å². The second-order valence-electron chi connectivity index (χ2n) is 18.1. The minimum atomic E-state index is -0.854. The van der Waals surface area contributed by atoms with Crippen molar-refractivity contribution in [2.45, 2.75) is 90.3 Å². The number of hydrogen-bond acceptors (Lipinski definition) is 8. The van der Waals surface area contributed by atoms with Gasteiger partial charge < -0.3 is 19.5 Å². The van der Waals surface area contributed by atoms with Crippen molar-refractivity contribution in [1.29, 1.82) is 0 Å². The Morgan fingerprint density at radius 2 is 1.71 bits per heavy atom. The SMILES string of the molecule is Cc1cc(-n2nc3c(c2NC(=O)Nc2ccc4c(cnn4C)c2F)[C@H](C)N(C(=O)c2cc4cc([C@H]5CCOC(C)(C)C5)ccc4n2[C@@]2(c4noc(=O)[nH]4)C[C@@H]2C)CC3)cc(C)c1F. The molecule has 3 N–H and O–H groups in total. The molecule has 4 atom stereocenters. The molecular formula is C46H48F2N10O5. The monoisotopic (exact) mass is 858 g/mol. The lowest BCUT2D eigenvalue weighted by atomic mass is 9.83. The van der Waals surface area contributed by atoms with Crippen LogP contribution in [0.4, 0.5) is 25.1 Å². The van der Waals surface area contributed by atoms with E-state index in [1.165, 1.54) is 12.3 Å². The molecule has 3 amide bonds. The average molecular weight is 859 g/mol. The topological polar surface area (TPSA) is 170 Å². The van der Waals surface area contributed by atoms with Gasteiger partial charge in [0, 0.05) is 43.1 Å². The van der Waals surface area contributed by atoms with E-state index in [0.29, 0.717) is 71.1 Å². The van der Waals surface area contributed by atoms with Gasteiger partial charge >= 0.3 is 11.8 Å². The highest BCUT2D eigenvalue weighted by Crippen LogP contribution is 2.56. The maximum atomic E-state index is 15.7. The van der Waals surface area contributed by atoms with E-state index >= 15 is 9.18 Å². The summed E-state index contributed by atoms with van der Waals surface area (Å²) in [6, 6.07) is 13.3. The summed E-state index contributed by atoms with van der Waals surface area (Å²) in [5, 5.41) is 19.9. The third-order valence-electron chi connectivity index (χ3n) is 13.5. The molecule has 1 saturated carbocycles. The number of halogens is 2. The van der Waals surface area contributed by atoms with Crippen LogP contribution in [0.3, 0.4) is 0 Å². The third kappa shape index (κ3) is 6.54. The molecule has 7 aromatic rings. The molecular weight excluding hydrogens is 811 g/mol. The molecule has 3 aromatic carbocycles. The van der Waals surface area contributed by atoms with Crippen molar-refractivity contribution >= 4 is 45.2 Å². The minimum absolute atomic E-state index is 0.000577. The zero-order chi connectivity index (χ0) is 44.3. The van der Waals surface area contributed by atoms with Crippen molar-refractivity contribution in [2.24, 2.45) is 13.0 Å². The van der Waals surface area contributed by atoms with Crippen LogP contribution >= 0.6 is 0 Å². The molecule has 6 heterocycles. The molecule has 10 rings (SSSR count). The first-order valence-electron chi connectivity index (χ1n) is 21.3. The van der Waals surface area contributed by atoms with Crippen LogP contribution in [0.1, 0.15) is 103 Å². The Bertz CT molecular complexity index is 3060. The van der Waals surface area contributed by atoms with E-state index in [4.69, 9.17) is 14.4 Å². The summed E-state index contributed by atoms with van der Waals surface area (Å²) in [5.41, 5.74) is 4.26. The number of anilines is 2. The number of nitrogens with one attached hydrogen (secondary N) is 3. The molecule has 0 radical (unpaired) electrons. The number of urea groups is 1. The van der Waals surface area contributed by atoms with Crippen molar-refractivity contribution in [2.75, 3.05) is 23.8 Å². The van der Waals surface area contributed by atoms with Crippen molar-refractivity contribution < 1.29 is 27.6 Å². The van der Waals surface area contributed by atoms with Crippen LogP contribution in [0, 0.1) is 31.4 Å². The molecule has 1 aliphatic carbocycles. The molecule has 0 bridgehead atoms. The molecule has 2 aliphatic heterocycles. The number of ether oxygens (including phenoxy) is 1. The lowest BCUT2D eigenvalue weighted by Gasteiger charge is -2.35. The van der Waals surface area contributed by atoms with Gasteiger partial charge in [0.2, 0.25) is 0 Å². The molecule has 0 spiro atoms. The average Bonchev–Trinajstić information content (AvgIpc) is 3.72. The van der Waals surface area contributed by atoms with Gasteiger partial charge in [0.1, 0.15) is 22.9 Å². The number of hydrogen-bond donors (Lipinski definition) is 3. The lowest BCUT2D eigenvalue weighted by molar-refractivity contribution is -0.0592. The summed E-state index contributed by atoms with van der Waals surface area (Å²) < 4.78 is 46.8. The highest BCUT2D eigenvalue weighted by molar-refractivity contribution is 6.02. The summed E-state index contributed by atoms with van der Waals surface area (Å²) in [4.78, 5) is 46.2. The molecule has 17 heteroatoms. The zero-order valence-electron chi connectivity index (χ0n) is 36.1. The van der Waals surface area contributed by atoms with Gasteiger partial charge in [0.15, 0.2) is 11.6 Å². The number of aryl methyl sites for hydroxylation is 3. The van der Waals surface area contributed by atoms with E-state index in [2.05, 4.69) is 64.8 Å². The van der Waals surface area contributed by atoms with E-state index in [1.807, 2.05) is 17.6 Å². The van der Waals surface area contributed by atoms with Crippen molar-refractivity contribution in [3.8, 4) is 5.69 Å². The van der Waals surface area contributed by atoms with Gasteiger partial charge in [-0.15, -0.1) is 0 Å². The van der Waals surface area contributed by atoms with Gasteiger partial charge in [-0.3, -0.25) is 24.3 Å². The van der Waals surface area contributed by atoms with Crippen molar-refractivity contribution in [1.82, 2.24) is 39.2 Å². The molecule has 4 aromatic heterocycles. The number of carbonyl (C=O) groups excluding carboxylic acids is 2. The highest BCUT2D eigenvalue weighted by Gasteiger charge is 2.59. The van der Waals surface area contributed by atoms with Gasteiger partial charge in [-0.05, 0) is 125 Å². The summed E-state index contributed by atoms with van der Waals surface area (Å²) in [6.45, 7) is 12.4. The quantitative estimate of drug-likeness (QED) is 0.144. The van der Waals surface area contributed by atoms with E-state index in [-0.39, 0.29) is 46.1 Å². The van der Waals surface area contributed by atoms with Crippen LogP contribution in [0.5, 0.6) is 0 Å². The minimum Gasteiger partial charge on any atom is -0.376 e. The van der Waals surface area contributed by atoms with Crippen LogP contribution in [0.25, 0.3) is 27.5 Å². The number of H-pyrrole nitrogens is 1. The summed E-state index contributed by atoms with van der Waals surface area (Å²) >= 11 is 0. The van der Waals surface area contributed by atoms with Crippen LogP contribution in [0.15, 0.2) is 64.0 Å². The Balaban J connectivity index is 1.06. The van der Waals surface area contributed by atoms with E-state index in [0.717, 1.165) is 29.3 Å². The van der Waals surface area contributed by atoms with Crippen molar-refractivity contribution in [3.05, 3.63) is 116 Å². The first-order chi connectivity index (χ1) is 30.0. The standard InChI is InChI=1S/C46H48F2N10O5/c1-23-16-30(17-24(2)38(23)47)58-40(51-43(60)50-33-9-11-35-31(39(33)48)22-49-55(35)7)37-26(4)56(14-12-32(37)53-58)41(59)36-19-29-18-27(28-13-15-62-45(5,6)21-28)8-10-34(29)57(36)46(20-25(46)3)42-52-44(61)63-54-42/h8-11,16-19,22,25-26,28H,12-15,20-21H2,1-7H3,(H2,50,51,60)(H,52,54,61)/t25-,26-,28-,46-/m0/s1. The summed E-state index contributed by atoms with van der Waals surface area (Å²) in [6.07, 6.45) is 4.07. The maximum absolute atomic E-state index is 15.7. The van der Waals surface area contributed by atoms with Crippen LogP contribution in [-0.4, -0.2) is 69.9 Å². The number of nitrogens with zero attached hydrogens (tertiary/aromatic N) is 7. The Morgan fingerprint density at radius 1 is 0.968 bits per heavy atom. The van der Waals surface area contributed by atoms with E-state index < -0.39 is 29.2 Å². The van der Waals surface area contributed by atoms with E-state index in [9.17, 15) is 14.0 Å². The Labute approximate surface area is 360 Å². The number of rotatable bonds is 7. The number of benzene rings is 3. The Kier molecular flexibility index (Phi) is 9.29. The lowest BCUT2D eigenvalue weighted by Crippen LogP contribution is -2.41. The second-order valence-corrected chi connectivity index (χ2v) is 18.1. The maximum Gasteiger partial charge on any atom is 0.438 e. The van der Waals surface area contributed by atoms with Gasteiger partial charge in [0.25, 0.3) is 5.91 Å². The fraction of sp³-hybridized carbons (Fsp3) is 0.391. The van der Waals surface area contributed by atoms with Gasteiger partial charge in [-0.2, -0.15) is 10.2 Å². The Hall–Kier alpha value is -6.62. The number of amides is 3. The van der Waals surface area contributed by atoms with Gasteiger partial charge in [0.05, 0.1) is 45.8 Å². The predicted octanol–water partition coefficient (Wildman–Crippen LogP) is 8.14. The van der Waals surface area contributed by atoms with E-state index in [1.54, 1.807) is 53.4 Å². The first-order valence-corrected chi connectivity index (χ1v) is 21.3. The van der Waals surface area contributed by atoms with Crippen LogP contribution < -0.4 is 16.4 Å². The summed E-state index contributed by atoms with van der Waals surface area (Å²) in [5.74, 6) is -1.08. The molecule has 2 fully saturated rings. The number of fused-ring (bicyclic) bond motifs is 3. The normalized spacial score (nSPS) is 21.8. The molecule has 63 heavy (non-hydrogen) atoms. The molecule has 3 aliphatic rings. The second kappa shape index (κ2) is 14.5. The summed E-state index contributed by atoms with van der Waals surface area (Å²) in [7, 11) is 1.70. The number of aromatic nitrogens is 7. The molecule has 1 saturated heterocycles. The molecule has 326 valence electrons. The van der Waals surface area contributed by atoms with Crippen molar-refractivity contribution in [3.63, 3.8) is 0 Å². The fourth-order valence-corrected chi connectivity index (χ4v) is 10.2. The number of aromatic amines is 1. The van der Waals surface area contributed by atoms with Gasteiger partial charge in [-0.1, -0.05) is 18.1 Å². The zero-order valence-corrected chi connectivity index (χ0v) is 36.1. The smallest absolute Gasteiger partial charge is 0.376 e. The molecule has 0 unspecified atom stereocenters. The highest BCUT2D eigenvalue weighted by atomic mass is 19.1. The largest absolute Gasteiger partial charge is 0.438 e. The predicted molar refractivity (Wildman–Crippen MR) is 231 cm³/mol. The Morgan fingerprint density at radius 3 is 2.41 bits per heavy atom. The number of carbonyl (C=O) groups is 2.